The van der Waals surface area contributed by atoms with Crippen molar-refractivity contribution in [3.8, 4) is 0 Å². The number of anilines is 1. The van der Waals surface area contributed by atoms with Crippen LogP contribution in [0.15, 0.2) is 6.20 Å². The van der Waals surface area contributed by atoms with Crippen molar-refractivity contribution < 1.29 is 4.79 Å². The van der Waals surface area contributed by atoms with Gasteiger partial charge in [0.15, 0.2) is 0 Å². The lowest BCUT2D eigenvalue weighted by Crippen LogP contribution is -2.29. The number of rotatable bonds is 4. The molecule has 0 aliphatic heterocycles. The highest BCUT2D eigenvalue weighted by Crippen LogP contribution is 2.10. The highest BCUT2D eigenvalue weighted by molar-refractivity contribution is 5.88. The van der Waals surface area contributed by atoms with Gasteiger partial charge in [0.05, 0.1) is 6.20 Å². The van der Waals surface area contributed by atoms with E-state index in [0.717, 1.165) is 18.4 Å². The number of carbonyl (C=O) groups is 1. The quantitative estimate of drug-likeness (QED) is 0.683. The molecule has 1 aromatic heterocycles. The maximum Gasteiger partial charge on any atom is 0.320 e. The SMILES string of the molecule is CCCNC(=O)Nc1[nH]ncc1CC. The van der Waals surface area contributed by atoms with Crippen LogP contribution in [0.4, 0.5) is 10.6 Å². The van der Waals surface area contributed by atoms with Crippen molar-refractivity contribution in [2.45, 2.75) is 26.7 Å². The fraction of sp³-hybridized carbons (Fsp3) is 0.556. The summed E-state index contributed by atoms with van der Waals surface area (Å²) in [6, 6.07) is -0.189. The summed E-state index contributed by atoms with van der Waals surface area (Å²) in [4.78, 5) is 11.3. The normalized spacial score (nSPS) is 9.86. The molecule has 5 heteroatoms. The Morgan fingerprint density at radius 1 is 1.57 bits per heavy atom. The lowest BCUT2D eigenvalue weighted by molar-refractivity contribution is 0.252. The van der Waals surface area contributed by atoms with Gasteiger partial charge in [0.2, 0.25) is 0 Å². The number of carbonyl (C=O) groups excluding carboxylic acids is 1. The Labute approximate surface area is 83.3 Å². The van der Waals surface area contributed by atoms with E-state index in [-0.39, 0.29) is 6.03 Å². The van der Waals surface area contributed by atoms with Gasteiger partial charge in [0.25, 0.3) is 0 Å². The second-order valence-corrected chi connectivity index (χ2v) is 3.00. The van der Waals surface area contributed by atoms with Gasteiger partial charge in [-0.3, -0.25) is 10.4 Å². The van der Waals surface area contributed by atoms with Crippen molar-refractivity contribution in [2.24, 2.45) is 0 Å². The second kappa shape index (κ2) is 5.26. The van der Waals surface area contributed by atoms with Crippen LogP contribution in [0.2, 0.25) is 0 Å². The van der Waals surface area contributed by atoms with Gasteiger partial charge in [-0.15, -0.1) is 0 Å². The maximum absolute atomic E-state index is 11.3. The van der Waals surface area contributed by atoms with E-state index in [4.69, 9.17) is 0 Å². The Morgan fingerprint density at radius 3 is 3.00 bits per heavy atom. The van der Waals surface area contributed by atoms with Crippen LogP contribution in [0.1, 0.15) is 25.8 Å². The predicted octanol–water partition coefficient (Wildman–Crippen LogP) is 1.50. The van der Waals surface area contributed by atoms with Gasteiger partial charge in [0, 0.05) is 12.1 Å². The van der Waals surface area contributed by atoms with Crippen LogP contribution < -0.4 is 10.6 Å². The molecule has 0 unspecified atom stereocenters. The van der Waals surface area contributed by atoms with Crippen molar-refractivity contribution in [3.05, 3.63) is 11.8 Å². The number of nitrogens with zero attached hydrogens (tertiary/aromatic N) is 1. The molecule has 1 heterocycles. The van der Waals surface area contributed by atoms with Crippen molar-refractivity contribution in [3.63, 3.8) is 0 Å². The standard InChI is InChI=1S/C9H16N4O/c1-3-5-10-9(14)12-8-7(4-2)6-11-13-8/h6H,3-5H2,1-2H3,(H3,10,11,12,13,14). The number of aromatic amines is 1. The third-order valence-corrected chi connectivity index (χ3v) is 1.87. The number of urea groups is 1. The zero-order chi connectivity index (χ0) is 10.4. The summed E-state index contributed by atoms with van der Waals surface area (Å²) < 4.78 is 0. The zero-order valence-corrected chi connectivity index (χ0v) is 8.55. The van der Waals surface area contributed by atoms with Gasteiger partial charge in [-0.25, -0.2) is 4.79 Å². The van der Waals surface area contributed by atoms with Gasteiger partial charge in [-0.1, -0.05) is 13.8 Å². The van der Waals surface area contributed by atoms with E-state index in [1.807, 2.05) is 13.8 Å². The summed E-state index contributed by atoms with van der Waals surface area (Å²) in [7, 11) is 0. The fourth-order valence-electron chi connectivity index (χ4n) is 1.08. The molecular weight excluding hydrogens is 180 g/mol. The van der Waals surface area contributed by atoms with Gasteiger partial charge < -0.3 is 5.32 Å². The number of nitrogens with one attached hydrogen (secondary N) is 3. The zero-order valence-electron chi connectivity index (χ0n) is 8.55. The molecule has 0 aliphatic rings. The van der Waals surface area contributed by atoms with E-state index in [1.54, 1.807) is 6.20 Å². The molecule has 0 atom stereocenters. The Bertz CT molecular complexity index is 295. The third-order valence-electron chi connectivity index (χ3n) is 1.87. The van der Waals surface area contributed by atoms with Crippen LogP contribution >= 0.6 is 0 Å². The molecule has 1 rings (SSSR count). The third kappa shape index (κ3) is 2.76. The van der Waals surface area contributed by atoms with E-state index < -0.39 is 0 Å². The Balaban J connectivity index is 2.47. The van der Waals surface area contributed by atoms with E-state index in [2.05, 4.69) is 20.8 Å². The molecule has 0 fully saturated rings. The molecule has 14 heavy (non-hydrogen) atoms. The van der Waals surface area contributed by atoms with Crippen LogP contribution in [0.25, 0.3) is 0 Å². The number of hydrogen-bond donors (Lipinski definition) is 3. The van der Waals surface area contributed by atoms with Crippen LogP contribution in [0.5, 0.6) is 0 Å². The Hall–Kier alpha value is -1.52. The highest BCUT2D eigenvalue weighted by Gasteiger charge is 2.05. The molecule has 0 aromatic carbocycles. The van der Waals surface area contributed by atoms with Crippen LogP contribution in [-0.2, 0) is 6.42 Å². The number of amides is 2. The lowest BCUT2D eigenvalue weighted by atomic mass is 10.2. The number of H-pyrrole nitrogens is 1. The first kappa shape index (κ1) is 10.6. The first-order valence-corrected chi connectivity index (χ1v) is 4.85. The van der Waals surface area contributed by atoms with Crippen molar-refractivity contribution in [2.75, 3.05) is 11.9 Å². The second-order valence-electron chi connectivity index (χ2n) is 3.00. The summed E-state index contributed by atoms with van der Waals surface area (Å²) in [6.07, 6.45) is 3.49. The van der Waals surface area contributed by atoms with E-state index in [9.17, 15) is 4.79 Å². The summed E-state index contributed by atoms with van der Waals surface area (Å²) in [5.74, 6) is 0.682. The smallest absolute Gasteiger partial charge is 0.320 e. The van der Waals surface area contributed by atoms with Crippen LogP contribution in [0.3, 0.4) is 0 Å². The topological polar surface area (TPSA) is 69.8 Å². The lowest BCUT2D eigenvalue weighted by Gasteiger charge is -2.05. The molecule has 1 aromatic rings. The molecule has 2 amide bonds. The monoisotopic (exact) mass is 196 g/mol. The summed E-state index contributed by atoms with van der Waals surface area (Å²) in [6.45, 7) is 4.70. The minimum Gasteiger partial charge on any atom is -0.338 e. The predicted molar refractivity (Wildman–Crippen MR) is 55.3 cm³/mol. The highest BCUT2D eigenvalue weighted by atomic mass is 16.2. The Morgan fingerprint density at radius 2 is 2.36 bits per heavy atom. The van der Waals surface area contributed by atoms with E-state index in [0.29, 0.717) is 12.4 Å². The van der Waals surface area contributed by atoms with Gasteiger partial charge in [-0.2, -0.15) is 5.10 Å². The Kier molecular flexibility index (Phi) is 3.97. The van der Waals surface area contributed by atoms with E-state index in [1.165, 1.54) is 0 Å². The molecule has 0 saturated heterocycles. The van der Waals surface area contributed by atoms with Crippen molar-refractivity contribution >= 4 is 11.8 Å². The largest absolute Gasteiger partial charge is 0.338 e. The summed E-state index contributed by atoms with van der Waals surface area (Å²) in [5.41, 5.74) is 1.01. The van der Waals surface area contributed by atoms with Crippen LogP contribution in [-0.4, -0.2) is 22.8 Å². The maximum atomic E-state index is 11.3. The number of aromatic nitrogens is 2. The minimum atomic E-state index is -0.189. The average Bonchev–Trinajstić information content (AvgIpc) is 2.62. The van der Waals surface area contributed by atoms with E-state index >= 15 is 0 Å². The van der Waals surface area contributed by atoms with Gasteiger partial charge >= 0.3 is 6.03 Å². The molecular formula is C9H16N4O. The molecule has 0 aliphatic carbocycles. The molecule has 5 nitrogen and oxygen atoms in total. The molecule has 0 bridgehead atoms. The van der Waals surface area contributed by atoms with Gasteiger partial charge in [0.1, 0.15) is 5.82 Å². The van der Waals surface area contributed by atoms with Crippen molar-refractivity contribution in [1.29, 1.82) is 0 Å². The number of aryl methyl sites for hydroxylation is 1. The first-order chi connectivity index (χ1) is 6.77. The molecule has 78 valence electrons. The van der Waals surface area contributed by atoms with Crippen LogP contribution in [0, 0.1) is 0 Å². The average molecular weight is 196 g/mol. The number of hydrogen-bond acceptors (Lipinski definition) is 2. The van der Waals surface area contributed by atoms with Crippen molar-refractivity contribution in [1.82, 2.24) is 15.5 Å². The van der Waals surface area contributed by atoms with Gasteiger partial charge in [-0.05, 0) is 12.8 Å². The fourth-order valence-corrected chi connectivity index (χ4v) is 1.08. The summed E-state index contributed by atoms with van der Waals surface area (Å²) >= 11 is 0. The molecule has 0 radical (unpaired) electrons. The first-order valence-electron chi connectivity index (χ1n) is 4.85. The molecule has 0 spiro atoms. The summed E-state index contributed by atoms with van der Waals surface area (Å²) in [5, 5.41) is 12.0. The minimum absolute atomic E-state index is 0.189. The molecule has 0 saturated carbocycles. The molecule has 3 N–H and O–H groups in total.